The lowest BCUT2D eigenvalue weighted by molar-refractivity contribution is 0.0590. The van der Waals surface area contributed by atoms with Crippen molar-refractivity contribution in [1.82, 2.24) is 4.57 Å². The van der Waals surface area contributed by atoms with Gasteiger partial charge in [-0.3, -0.25) is 4.79 Å². The quantitative estimate of drug-likeness (QED) is 0.433. The first-order valence-electron chi connectivity index (χ1n) is 3.94. The summed E-state index contributed by atoms with van der Waals surface area (Å²) in [6.07, 6.45) is 1.55. The largest absolute Gasteiger partial charge is 0.464 e. The molecular formula is C9H10ClNO3. The molecule has 0 aromatic carbocycles. The molecule has 1 rings (SSSR count). The summed E-state index contributed by atoms with van der Waals surface area (Å²) in [4.78, 5) is 22.4. The Kier molecular flexibility index (Phi) is 3.30. The summed E-state index contributed by atoms with van der Waals surface area (Å²) in [5.74, 6) is -0.775. The third-order valence-electron chi connectivity index (χ3n) is 1.84. The van der Waals surface area contributed by atoms with E-state index in [9.17, 15) is 9.59 Å². The number of alkyl halides is 1. The van der Waals surface area contributed by atoms with Crippen LogP contribution in [0.2, 0.25) is 0 Å². The summed E-state index contributed by atoms with van der Waals surface area (Å²) in [5.41, 5.74) is 0.754. The predicted molar refractivity (Wildman–Crippen MR) is 51.8 cm³/mol. The molecule has 0 bridgehead atoms. The van der Waals surface area contributed by atoms with Crippen LogP contribution in [-0.4, -0.2) is 29.3 Å². The Balaban J connectivity index is 3.05. The van der Waals surface area contributed by atoms with Gasteiger partial charge >= 0.3 is 5.97 Å². The molecule has 1 aromatic rings. The summed E-state index contributed by atoms with van der Waals surface area (Å²) in [7, 11) is 2.95. The van der Waals surface area contributed by atoms with Gasteiger partial charge in [0.25, 0.3) is 0 Å². The summed E-state index contributed by atoms with van der Waals surface area (Å²) >= 11 is 5.39. The summed E-state index contributed by atoms with van der Waals surface area (Å²) in [6, 6.07) is 1.47. The maximum Gasteiger partial charge on any atom is 0.354 e. The van der Waals surface area contributed by atoms with E-state index in [1.165, 1.54) is 17.7 Å². The molecule has 5 heteroatoms. The third-order valence-corrected chi connectivity index (χ3v) is 2.09. The van der Waals surface area contributed by atoms with Crippen LogP contribution in [0.1, 0.15) is 20.8 Å². The standard InChI is InChI=1S/C9H10ClNO3/c1-11-5-6(8(12)4-10)3-7(11)9(13)14-2/h3,5H,4H2,1-2H3. The number of aryl methyl sites for hydroxylation is 1. The molecule has 0 N–H and O–H groups in total. The molecule has 76 valence electrons. The Bertz CT molecular complexity index is 370. The second-order valence-electron chi connectivity index (χ2n) is 2.77. The summed E-state index contributed by atoms with van der Waals surface area (Å²) in [5, 5.41) is 0. The predicted octanol–water partition coefficient (Wildman–Crippen LogP) is 1.23. The number of ether oxygens (including phenoxy) is 1. The third kappa shape index (κ3) is 1.96. The Labute approximate surface area is 86.4 Å². The minimum absolute atomic E-state index is 0.0926. The van der Waals surface area contributed by atoms with Gasteiger partial charge in [0.15, 0.2) is 5.78 Å². The fourth-order valence-electron chi connectivity index (χ4n) is 1.10. The van der Waals surface area contributed by atoms with Crippen LogP contribution in [0.4, 0.5) is 0 Å². The number of nitrogens with zero attached hydrogens (tertiary/aromatic N) is 1. The molecule has 0 saturated heterocycles. The maximum absolute atomic E-state index is 11.2. The van der Waals surface area contributed by atoms with E-state index in [4.69, 9.17) is 11.6 Å². The molecule has 0 radical (unpaired) electrons. The second-order valence-corrected chi connectivity index (χ2v) is 3.04. The molecule has 0 aliphatic rings. The van der Waals surface area contributed by atoms with Crippen molar-refractivity contribution in [3.8, 4) is 0 Å². The van der Waals surface area contributed by atoms with Crippen molar-refractivity contribution in [3.05, 3.63) is 23.5 Å². The number of methoxy groups -OCH3 is 1. The van der Waals surface area contributed by atoms with Crippen molar-refractivity contribution < 1.29 is 14.3 Å². The second kappa shape index (κ2) is 4.28. The van der Waals surface area contributed by atoms with Gasteiger partial charge in [0.2, 0.25) is 0 Å². The van der Waals surface area contributed by atoms with Crippen LogP contribution < -0.4 is 0 Å². The van der Waals surface area contributed by atoms with Crippen LogP contribution >= 0.6 is 11.6 Å². The van der Waals surface area contributed by atoms with Crippen molar-refractivity contribution in [3.63, 3.8) is 0 Å². The highest BCUT2D eigenvalue weighted by atomic mass is 35.5. The van der Waals surface area contributed by atoms with Crippen molar-refractivity contribution in [2.45, 2.75) is 0 Å². The van der Waals surface area contributed by atoms with Gasteiger partial charge in [-0.2, -0.15) is 0 Å². The highest BCUT2D eigenvalue weighted by Gasteiger charge is 2.14. The topological polar surface area (TPSA) is 48.3 Å². The van der Waals surface area contributed by atoms with Gasteiger partial charge in [-0.15, -0.1) is 11.6 Å². The van der Waals surface area contributed by atoms with Crippen LogP contribution in [-0.2, 0) is 11.8 Å². The minimum Gasteiger partial charge on any atom is -0.464 e. The molecule has 0 atom stereocenters. The minimum atomic E-state index is -0.471. The summed E-state index contributed by atoms with van der Waals surface area (Å²) < 4.78 is 6.07. The number of carbonyl (C=O) groups is 2. The molecular weight excluding hydrogens is 206 g/mol. The zero-order valence-electron chi connectivity index (χ0n) is 7.91. The van der Waals surface area contributed by atoms with Gasteiger partial charge in [0.1, 0.15) is 5.69 Å². The van der Waals surface area contributed by atoms with Crippen LogP contribution in [0.15, 0.2) is 12.3 Å². The van der Waals surface area contributed by atoms with Crippen LogP contribution in [0.25, 0.3) is 0 Å². The van der Waals surface area contributed by atoms with Crippen LogP contribution in [0, 0.1) is 0 Å². The lowest BCUT2D eigenvalue weighted by Crippen LogP contribution is -2.06. The number of aromatic nitrogens is 1. The molecule has 0 saturated carbocycles. The summed E-state index contributed by atoms with van der Waals surface area (Å²) in [6.45, 7) is 0. The van der Waals surface area contributed by atoms with E-state index < -0.39 is 5.97 Å². The SMILES string of the molecule is COC(=O)c1cc(C(=O)CCl)cn1C. The average molecular weight is 216 g/mol. The van der Waals surface area contributed by atoms with Gasteiger partial charge in [-0.1, -0.05) is 0 Å². The van der Waals surface area contributed by atoms with E-state index >= 15 is 0 Å². The molecule has 1 heterocycles. The van der Waals surface area contributed by atoms with Gasteiger partial charge in [-0.25, -0.2) is 4.79 Å². The monoisotopic (exact) mass is 215 g/mol. The normalized spacial score (nSPS) is 9.93. The molecule has 0 spiro atoms. The molecule has 0 fully saturated rings. The van der Waals surface area contributed by atoms with Crippen molar-refractivity contribution >= 4 is 23.4 Å². The van der Waals surface area contributed by atoms with E-state index in [-0.39, 0.29) is 11.7 Å². The van der Waals surface area contributed by atoms with E-state index in [0.29, 0.717) is 11.3 Å². The van der Waals surface area contributed by atoms with E-state index in [0.717, 1.165) is 0 Å². The lowest BCUT2D eigenvalue weighted by Gasteiger charge is -1.98. The molecule has 4 nitrogen and oxygen atoms in total. The Hall–Kier alpha value is -1.29. The van der Waals surface area contributed by atoms with Gasteiger partial charge in [0, 0.05) is 18.8 Å². The molecule has 0 unspecified atom stereocenters. The van der Waals surface area contributed by atoms with Crippen molar-refractivity contribution in [1.29, 1.82) is 0 Å². The first kappa shape index (κ1) is 10.8. The van der Waals surface area contributed by atoms with E-state index in [1.54, 1.807) is 13.2 Å². The van der Waals surface area contributed by atoms with Gasteiger partial charge in [-0.05, 0) is 6.07 Å². The lowest BCUT2D eigenvalue weighted by atomic mass is 10.2. The number of esters is 1. The Morgan fingerprint density at radius 2 is 2.21 bits per heavy atom. The fourth-order valence-corrected chi connectivity index (χ4v) is 1.26. The first-order chi connectivity index (χ1) is 6.60. The number of rotatable bonds is 3. The zero-order valence-corrected chi connectivity index (χ0v) is 8.67. The van der Waals surface area contributed by atoms with E-state index in [1.807, 2.05) is 0 Å². The number of hydrogen-bond donors (Lipinski definition) is 0. The molecule has 0 aliphatic heterocycles. The van der Waals surface area contributed by atoms with Crippen molar-refractivity contribution in [2.24, 2.45) is 7.05 Å². The Morgan fingerprint density at radius 1 is 1.57 bits per heavy atom. The number of carbonyl (C=O) groups excluding carboxylic acids is 2. The first-order valence-corrected chi connectivity index (χ1v) is 4.47. The number of hydrogen-bond acceptors (Lipinski definition) is 3. The average Bonchev–Trinajstić information content (AvgIpc) is 2.58. The number of Topliss-reactive ketones (excluding diaryl/α,β-unsaturated/α-hetero) is 1. The van der Waals surface area contributed by atoms with Gasteiger partial charge in [0.05, 0.1) is 13.0 Å². The highest BCUT2D eigenvalue weighted by molar-refractivity contribution is 6.30. The van der Waals surface area contributed by atoms with Crippen LogP contribution in [0.5, 0.6) is 0 Å². The van der Waals surface area contributed by atoms with Crippen molar-refractivity contribution in [2.75, 3.05) is 13.0 Å². The number of ketones is 1. The Morgan fingerprint density at radius 3 is 2.71 bits per heavy atom. The maximum atomic E-state index is 11.2. The van der Waals surface area contributed by atoms with Gasteiger partial charge < -0.3 is 9.30 Å². The zero-order chi connectivity index (χ0) is 10.7. The van der Waals surface area contributed by atoms with E-state index in [2.05, 4.69) is 4.74 Å². The fraction of sp³-hybridized carbons (Fsp3) is 0.333. The number of halogens is 1. The molecule has 1 aromatic heterocycles. The molecule has 0 amide bonds. The van der Waals surface area contributed by atoms with Crippen LogP contribution in [0.3, 0.4) is 0 Å². The molecule has 0 aliphatic carbocycles. The molecule has 14 heavy (non-hydrogen) atoms. The smallest absolute Gasteiger partial charge is 0.354 e. The highest BCUT2D eigenvalue weighted by Crippen LogP contribution is 2.09.